The van der Waals surface area contributed by atoms with E-state index >= 15 is 0 Å². The third kappa shape index (κ3) is 3.02. The molecule has 0 bridgehead atoms. The average molecular weight is 239 g/mol. The Morgan fingerprint density at radius 1 is 1.56 bits per heavy atom. The predicted molar refractivity (Wildman–Crippen MR) is 64.2 cm³/mol. The van der Waals surface area contributed by atoms with Crippen LogP contribution in [0.3, 0.4) is 0 Å². The Morgan fingerprint density at radius 3 is 2.88 bits per heavy atom. The maximum atomic E-state index is 11.0. The lowest BCUT2D eigenvalue weighted by Crippen LogP contribution is -2.39. The highest BCUT2D eigenvalue weighted by Crippen LogP contribution is 2.16. The Balaban J connectivity index is 1.71. The number of nitrogens with two attached hydrogens (primary N) is 1. The largest absolute Gasteiger partial charge is 0.369 e. The Bertz CT molecular complexity index is 331. The van der Waals surface area contributed by atoms with Gasteiger partial charge in [0.25, 0.3) is 0 Å². The van der Waals surface area contributed by atoms with E-state index in [1.54, 1.807) is 11.3 Å². The lowest BCUT2D eigenvalue weighted by Gasteiger charge is -2.30. The summed E-state index contributed by atoms with van der Waals surface area (Å²) < 4.78 is 0. The number of likely N-dealkylation sites (tertiary alicyclic amines) is 1. The van der Waals surface area contributed by atoms with Crippen LogP contribution in [0.2, 0.25) is 0 Å². The Morgan fingerprint density at radius 2 is 2.31 bits per heavy atom. The van der Waals surface area contributed by atoms with Gasteiger partial charge in [-0.15, -0.1) is 11.3 Å². The summed E-state index contributed by atoms with van der Waals surface area (Å²) in [6, 6.07) is 0. The number of amides is 1. The van der Waals surface area contributed by atoms with Crippen LogP contribution in [-0.4, -0.2) is 35.4 Å². The van der Waals surface area contributed by atoms with E-state index in [0.29, 0.717) is 0 Å². The van der Waals surface area contributed by atoms with Crippen molar-refractivity contribution in [3.63, 3.8) is 0 Å². The van der Waals surface area contributed by atoms with Crippen LogP contribution in [0.4, 0.5) is 0 Å². The van der Waals surface area contributed by atoms with Crippen molar-refractivity contribution in [2.45, 2.75) is 19.3 Å². The highest BCUT2D eigenvalue weighted by atomic mass is 32.1. The molecule has 2 N–H and O–H groups in total. The maximum Gasteiger partial charge on any atom is 0.220 e. The van der Waals surface area contributed by atoms with Crippen LogP contribution in [-0.2, 0) is 11.2 Å². The van der Waals surface area contributed by atoms with Gasteiger partial charge in [-0.2, -0.15) is 0 Å². The highest BCUT2D eigenvalue weighted by Gasteiger charge is 2.22. The van der Waals surface area contributed by atoms with Crippen LogP contribution >= 0.6 is 11.3 Å². The molecule has 16 heavy (non-hydrogen) atoms. The maximum absolute atomic E-state index is 11.0. The molecule has 0 unspecified atom stereocenters. The second kappa shape index (κ2) is 5.41. The fourth-order valence-electron chi connectivity index (χ4n) is 2.07. The summed E-state index contributed by atoms with van der Waals surface area (Å²) in [6.45, 7) is 3.00. The summed E-state index contributed by atoms with van der Waals surface area (Å²) in [5.74, 6) is -0.0466. The van der Waals surface area contributed by atoms with E-state index in [2.05, 4.69) is 15.3 Å². The van der Waals surface area contributed by atoms with Crippen molar-refractivity contribution < 1.29 is 4.79 Å². The van der Waals surface area contributed by atoms with Crippen molar-refractivity contribution in [2.75, 3.05) is 19.6 Å². The first kappa shape index (κ1) is 11.5. The van der Waals surface area contributed by atoms with Gasteiger partial charge < -0.3 is 10.6 Å². The van der Waals surface area contributed by atoms with Gasteiger partial charge in [-0.05, 0) is 25.9 Å². The minimum atomic E-state index is -0.140. The number of aromatic nitrogens is 1. The zero-order chi connectivity index (χ0) is 11.4. The normalized spacial score (nSPS) is 18.8. The lowest BCUT2D eigenvalue weighted by atomic mass is 9.96. The molecule has 1 aromatic heterocycles. The van der Waals surface area contributed by atoms with Gasteiger partial charge in [0.15, 0.2) is 0 Å². The summed E-state index contributed by atoms with van der Waals surface area (Å²) >= 11 is 1.64. The highest BCUT2D eigenvalue weighted by molar-refractivity contribution is 7.07. The van der Waals surface area contributed by atoms with Gasteiger partial charge in [0.1, 0.15) is 0 Å². The molecule has 2 rings (SSSR count). The number of carbonyl (C=O) groups excluding carboxylic acids is 1. The molecule has 1 aliphatic rings. The molecular weight excluding hydrogens is 222 g/mol. The SMILES string of the molecule is NC(=O)C1CCN(CCc2cscn2)CC1. The number of thiazole rings is 1. The summed E-state index contributed by atoms with van der Waals surface area (Å²) in [6.07, 6.45) is 2.82. The number of nitrogens with zero attached hydrogens (tertiary/aromatic N) is 2. The Hall–Kier alpha value is -0.940. The average Bonchev–Trinajstić information content (AvgIpc) is 2.80. The summed E-state index contributed by atoms with van der Waals surface area (Å²) in [5, 5.41) is 2.09. The van der Waals surface area contributed by atoms with Gasteiger partial charge in [-0.25, -0.2) is 4.98 Å². The Kier molecular flexibility index (Phi) is 3.90. The van der Waals surface area contributed by atoms with E-state index in [-0.39, 0.29) is 11.8 Å². The molecule has 0 aromatic carbocycles. The van der Waals surface area contributed by atoms with E-state index in [1.807, 2.05) is 5.51 Å². The summed E-state index contributed by atoms with van der Waals surface area (Å²) in [7, 11) is 0. The van der Waals surface area contributed by atoms with E-state index in [4.69, 9.17) is 5.73 Å². The molecule has 2 heterocycles. The molecule has 0 radical (unpaired) electrons. The summed E-state index contributed by atoms with van der Waals surface area (Å²) in [4.78, 5) is 17.6. The molecule has 0 aliphatic carbocycles. The van der Waals surface area contributed by atoms with Gasteiger partial charge in [0.2, 0.25) is 5.91 Å². The van der Waals surface area contributed by atoms with Gasteiger partial charge in [0.05, 0.1) is 11.2 Å². The van der Waals surface area contributed by atoms with E-state index in [1.165, 1.54) is 5.69 Å². The standard InChI is InChI=1S/C11H17N3OS/c12-11(15)9-1-4-14(5-2-9)6-3-10-7-16-8-13-10/h7-9H,1-6H2,(H2,12,15). The van der Waals surface area contributed by atoms with Crippen molar-refractivity contribution in [2.24, 2.45) is 11.7 Å². The second-order valence-corrected chi connectivity index (χ2v) is 4.97. The van der Waals surface area contributed by atoms with Crippen LogP contribution in [0.5, 0.6) is 0 Å². The number of primary amides is 1. The van der Waals surface area contributed by atoms with E-state index in [0.717, 1.165) is 38.9 Å². The molecular formula is C11H17N3OS. The van der Waals surface area contributed by atoms with Gasteiger partial charge >= 0.3 is 0 Å². The fraction of sp³-hybridized carbons (Fsp3) is 0.636. The van der Waals surface area contributed by atoms with Crippen LogP contribution in [0.25, 0.3) is 0 Å². The van der Waals surface area contributed by atoms with Crippen LogP contribution in [0.1, 0.15) is 18.5 Å². The third-order valence-electron chi connectivity index (χ3n) is 3.16. The van der Waals surface area contributed by atoms with Crippen molar-refractivity contribution >= 4 is 17.2 Å². The number of piperidine rings is 1. The molecule has 0 saturated carbocycles. The zero-order valence-corrected chi connectivity index (χ0v) is 10.1. The molecule has 0 atom stereocenters. The second-order valence-electron chi connectivity index (χ2n) is 4.25. The minimum absolute atomic E-state index is 0.0931. The van der Waals surface area contributed by atoms with Crippen LogP contribution in [0, 0.1) is 5.92 Å². The van der Waals surface area contributed by atoms with Gasteiger partial charge in [-0.1, -0.05) is 0 Å². The van der Waals surface area contributed by atoms with Crippen molar-refractivity contribution in [1.82, 2.24) is 9.88 Å². The number of hydrogen-bond acceptors (Lipinski definition) is 4. The topological polar surface area (TPSA) is 59.2 Å². The van der Waals surface area contributed by atoms with Crippen LogP contribution < -0.4 is 5.73 Å². The van der Waals surface area contributed by atoms with Crippen molar-refractivity contribution in [3.8, 4) is 0 Å². The summed E-state index contributed by atoms with van der Waals surface area (Å²) in [5.41, 5.74) is 8.34. The molecule has 1 aromatic rings. The third-order valence-corrected chi connectivity index (χ3v) is 3.79. The predicted octanol–water partition coefficient (Wildman–Crippen LogP) is 0.883. The monoisotopic (exact) mass is 239 g/mol. The molecule has 0 spiro atoms. The van der Waals surface area contributed by atoms with Gasteiger partial charge in [0, 0.05) is 24.3 Å². The fourth-order valence-corrected chi connectivity index (χ4v) is 2.67. The molecule has 1 aliphatic heterocycles. The first-order valence-corrected chi connectivity index (χ1v) is 6.58. The van der Waals surface area contributed by atoms with Crippen molar-refractivity contribution in [1.29, 1.82) is 0 Å². The van der Waals surface area contributed by atoms with E-state index < -0.39 is 0 Å². The molecule has 5 heteroatoms. The Labute approximate surface area is 99.5 Å². The quantitative estimate of drug-likeness (QED) is 0.848. The number of hydrogen-bond donors (Lipinski definition) is 1. The van der Waals surface area contributed by atoms with Crippen molar-refractivity contribution in [3.05, 3.63) is 16.6 Å². The molecule has 1 fully saturated rings. The molecule has 1 saturated heterocycles. The van der Waals surface area contributed by atoms with E-state index in [9.17, 15) is 4.79 Å². The first-order valence-electron chi connectivity index (χ1n) is 5.64. The van der Waals surface area contributed by atoms with Crippen LogP contribution in [0.15, 0.2) is 10.9 Å². The van der Waals surface area contributed by atoms with Gasteiger partial charge in [-0.3, -0.25) is 4.79 Å². The zero-order valence-electron chi connectivity index (χ0n) is 9.26. The number of carbonyl (C=O) groups is 1. The smallest absolute Gasteiger partial charge is 0.220 e. The molecule has 88 valence electrons. The lowest BCUT2D eigenvalue weighted by molar-refractivity contribution is -0.123. The first-order chi connectivity index (χ1) is 7.75. The minimum Gasteiger partial charge on any atom is -0.369 e. The number of rotatable bonds is 4. The molecule has 1 amide bonds. The molecule has 4 nitrogen and oxygen atoms in total.